The lowest BCUT2D eigenvalue weighted by Gasteiger charge is -2.21. The van der Waals surface area contributed by atoms with Crippen LogP contribution >= 0.6 is 0 Å². The van der Waals surface area contributed by atoms with Crippen LogP contribution < -0.4 is 11.1 Å². The van der Waals surface area contributed by atoms with Crippen LogP contribution in [-0.2, 0) is 9.53 Å². The number of nitrogens with two attached hydrogens (primary N) is 1. The third-order valence-electron chi connectivity index (χ3n) is 3.01. The maximum Gasteiger partial charge on any atom is 0.328 e. The molecule has 6 nitrogen and oxygen atoms in total. The predicted molar refractivity (Wildman–Crippen MR) is 71.4 cm³/mol. The first-order chi connectivity index (χ1) is 9.01. The Morgan fingerprint density at radius 2 is 2.21 bits per heavy atom. The number of carbonyl (C=O) groups excluding carboxylic acids is 2. The van der Waals surface area contributed by atoms with E-state index in [1.165, 1.54) is 13.3 Å². The summed E-state index contributed by atoms with van der Waals surface area (Å²) in [6, 6.07) is 2.51. The van der Waals surface area contributed by atoms with E-state index in [1.54, 1.807) is 12.1 Å². The van der Waals surface area contributed by atoms with Crippen molar-refractivity contribution in [1.82, 2.24) is 10.3 Å². The van der Waals surface area contributed by atoms with Crippen LogP contribution in [0, 0.1) is 5.92 Å². The summed E-state index contributed by atoms with van der Waals surface area (Å²) < 4.78 is 4.70. The van der Waals surface area contributed by atoms with Crippen molar-refractivity contribution < 1.29 is 14.3 Å². The first-order valence-corrected chi connectivity index (χ1v) is 6.10. The van der Waals surface area contributed by atoms with Gasteiger partial charge in [-0.15, -0.1) is 0 Å². The zero-order valence-electron chi connectivity index (χ0n) is 11.3. The number of nitrogens with zero attached hydrogens (tertiary/aromatic N) is 1. The molecule has 1 amide bonds. The van der Waals surface area contributed by atoms with Crippen molar-refractivity contribution in [3.8, 4) is 0 Å². The fourth-order valence-corrected chi connectivity index (χ4v) is 1.61. The van der Waals surface area contributed by atoms with E-state index >= 15 is 0 Å². The molecule has 2 unspecified atom stereocenters. The van der Waals surface area contributed by atoms with Crippen molar-refractivity contribution in [3.63, 3.8) is 0 Å². The van der Waals surface area contributed by atoms with E-state index in [-0.39, 0.29) is 17.3 Å². The Bertz CT molecular complexity index is 462. The van der Waals surface area contributed by atoms with Gasteiger partial charge in [-0.1, -0.05) is 20.3 Å². The number of nitrogens with one attached hydrogen (secondary N) is 1. The van der Waals surface area contributed by atoms with Crippen LogP contribution in [0.4, 0.5) is 5.69 Å². The van der Waals surface area contributed by atoms with Gasteiger partial charge >= 0.3 is 5.97 Å². The minimum Gasteiger partial charge on any atom is -0.467 e. The van der Waals surface area contributed by atoms with Crippen LogP contribution in [0.15, 0.2) is 18.3 Å². The van der Waals surface area contributed by atoms with Gasteiger partial charge in [-0.25, -0.2) is 9.78 Å². The molecule has 0 fully saturated rings. The Morgan fingerprint density at radius 3 is 2.74 bits per heavy atom. The average Bonchev–Trinajstić information content (AvgIpc) is 2.43. The Morgan fingerprint density at radius 1 is 1.53 bits per heavy atom. The second-order valence-corrected chi connectivity index (χ2v) is 4.30. The summed E-state index contributed by atoms with van der Waals surface area (Å²) in [7, 11) is 1.29. The molecule has 0 spiro atoms. The molecule has 0 aliphatic heterocycles. The third-order valence-corrected chi connectivity index (χ3v) is 3.01. The quantitative estimate of drug-likeness (QED) is 0.774. The maximum absolute atomic E-state index is 12.1. The Labute approximate surface area is 112 Å². The Balaban J connectivity index is 2.88. The number of carbonyl (C=O) groups is 2. The van der Waals surface area contributed by atoms with Crippen molar-refractivity contribution in [3.05, 3.63) is 24.0 Å². The van der Waals surface area contributed by atoms with Crippen LogP contribution in [0.2, 0.25) is 0 Å². The minimum absolute atomic E-state index is 0.0404. The normalized spacial score (nSPS) is 13.4. The van der Waals surface area contributed by atoms with Gasteiger partial charge in [-0.05, 0) is 18.1 Å². The lowest BCUT2D eigenvalue weighted by atomic mass is 9.99. The fraction of sp³-hybridized carbons (Fsp3) is 0.462. The fourth-order valence-electron chi connectivity index (χ4n) is 1.61. The second-order valence-electron chi connectivity index (χ2n) is 4.30. The molecular formula is C13H19N3O3. The summed E-state index contributed by atoms with van der Waals surface area (Å²) in [4.78, 5) is 27.6. The number of aromatic nitrogens is 1. The van der Waals surface area contributed by atoms with Crippen LogP contribution in [-0.4, -0.2) is 30.0 Å². The number of esters is 1. The molecule has 0 aliphatic carbocycles. The third kappa shape index (κ3) is 3.67. The van der Waals surface area contributed by atoms with E-state index in [1.807, 2.05) is 13.8 Å². The van der Waals surface area contributed by atoms with Gasteiger partial charge in [0.05, 0.1) is 12.8 Å². The summed E-state index contributed by atoms with van der Waals surface area (Å²) >= 11 is 0. The van der Waals surface area contributed by atoms with Crippen LogP contribution in [0.3, 0.4) is 0 Å². The highest BCUT2D eigenvalue weighted by atomic mass is 16.5. The number of methoxy groups -OCH3 is 1. The Hall–Kier alpha value is -2.11. The molecule has 0 radical (unpaired) electrons. The first-order valence-electron chi connectivity index (χ1n) is 6.10. The Kier molecular flexibility index (Phi) is 5.29. The average molecular weight is 265 g/mol. The molecule has 1 heterocycles. The lowest BCUT2D eigenvalue weighted by Crippen LogP contribution is -2.46. The van der Waals surface area contributed by atoms with Gasteiger partial charge < -0.3 is 15.8 Å². The summed E-state index contributed by atoms with van der Waals surface area (Å²) in [6.07, 6.45) is 2.21. The predicted octanol–water partition coefficient (Wildman–Crippen LogP) is 0.981. The smallest absolute Gasteiger partial charge is 0.328 e. The monoisotopic (exact) mass is 265 g/mol. The summed E-state index contributed by atoms with van der Waals surface area (Å²) in [6.45, 7) is 3.80. The summed E-state index contributed by atoms with van der Waals surface area (Å²) in [5.41, 5.74) is 6.06. The van der Waals surface area contributed by atoms with Crippen molar-refractivity contribution in [2.24, 2.45) is 5.92 Å². The highest BCUT2D eigenvalue weighted by Gasteiger charge is 2.27. The highest BCUT2D eigenvalue weighted by Crippen LogP contribution is 2.12. The van der Waals surface area contributed by atoms with Gasteiger partial charge in [0, 0.05) is 6.20 Å². The van der Waals surface area contributed by atoms with Gasteiger partial charge in [0.1, 0.15) is 6.04 Å². The van der Waals surface area contributed by atoms with Gasteiger partial charge in [0.25, 0.3) is 5.91 Å². The molecule has 1 rings (SSSR count). The molecule has 104 valence electrons. The van der Waals surface area contributed by atoms with Crippen LogP contribution in [0.5, 0.6) is 0 Å². The number of pyridine rings is 1. The molecule has 0 bridgehead atoms. The van der Waals surface area contributed by atoms with Crippen molar-refractivity contribution >= 4 is 17.6 Å². The van der Waals surface area contributed by atoms with Crippen molar-refractivity contribution in [2.45, 2.75) is 26.3 Å². The zero-order chi connectivity index (χ0) is 14.4. The molecule has 1 aromatic heterocycles. The number of anilines is 1. The first kappa shape index (κ1) is 14.9. The molecule has 0 aliphatic rings. The number of amides is 1. The molecule has 0 aromatic carbocycles. The number of rotatable bonds is 5. The summed E-state index contributed by atoms with van der Waals surface area (Å²) in [5, 5.41) is 2.62. The van der Waals surface area contributed by atoms with Crippen molar-refractivity contribution in [1.29, 1.82) is 0 Å². The number of nitrogen functional groups attached to an aromatic ring is 1. The number of hydrogen-bond donors (Lipinski definition) is 2. The molecule has 0 saturated carbocycles. The molecular weight excluding hydrogens is 246 g/mol. The summed E-state index contributed by atoms with van der Waals surface area (Å²) in [5.74, 6) is -0.993. The van der Waals surface area contributed by atoms with E-state index in [0.29, 0.717) is 0 Å². The number of hydrogen-bond acceptors (Lipinski definition) is 5. The highest BCUT2D eigenvalue weighted by molar-refractivity contribution is 5.99. The molecule has 1 aromatic rings. The van der Waals surface area contributed by atoms with E-state index in [0.717, 1.165) is 6.42 Å². The van der Waals surface area contributed by atoms with E-state index < -0.39 is 17.9 Å². The van der Waals surface area contributed by atoms with Gasteiger partial charge in [-0.3, -0.25) is 4.79 Å². The van der Waals surface area contributed by atoms with E-state index in [9.17, 15) is 9.59 Å². The molecule has 19 heavy (non-hydrogen) atoms. The largest absolute Gasteiger partial charge is 0.467 e. The molecule has 6 heteroatoms. The van der Waals surface area contributed by atoms with Crippen LogP contribution in [0.1, 0.15) is 30.8 Å². The zero-order valence-corrected chi connectivity index (χ0v) is 11.3. The molecule has 2 atom stereocenters. The van der Waals surface area contributed by atoms with Gasteiger partial charge in [-0.2, -0.15) is 0 Å². The number of ether oxygens (including phenoxy) is 1. The van der Waals surface area contributed by atoms with Gasteiger partial charge in [0.2, 0.25) is 0 Å². The minimum atomic E-state index is -0.705. The second kappa shape index (κ2) is 6.72. The van der Waals surface area contributed by atoms with Crippen molar-refractivity contribution in [2.75, 3.05) is 12.8 Å². The SMILES string of the molecule is CCC(C)C(NC(=O)c1ncccc1N)C(=O)OC. The molecule has 0 saturated heterocycles. The maximum atomic E-state index is 12.1. The topological polar surface area (TPSA) is 94.3 Å². The van der Waals surface area contributed by atoms with Crippen LogP contribution in [0.25, 0.3) is 0 Å². The molecule has 3 N–H and O–H groups in total. The lowest BCUT2D eigenvalue weighted by molar-refractivity contribution is -0.144. The van der Waals surface area contributed by atoms with Gasteiger partial charge in [0.15, 0.2) is 5.69 Å². The van der Waals surface area contributed by atoms with E-state index in [2.05, 4.69) is 10.3 Å². The van der Waals surface area contributed by atoms with E-state index in [4.69, 9.17) is 10.5 Å². The standard InChI is InChI=1S/C13H19N3O3/c1-4-8(2)10(13(18)19-3)16-12(17)11-9(14)6-5-7-15-11/h5-8,10H,4,14H2,1-3H3,(H,16,17).